The van der Waals surface area contributed by atoms with Crippen LogP contribution in [0.25, 0.3) is 11.4 Å². The first-order valence-electron chi connectivity index (χ1n) is 5.65. The molecule has 1 aromatic heterocycles. The Kier molecular flexibility index (Phi) is 3.68. The third-order valence-corrected chi connectivity index (χ3v) is 2.55. The summed E-state index contributed by atoms with van der Waals surface area (Å²) in [6.07, 6.45) is 0.951. The normalized spacial score (nSPS) is 12.1. The second-order valence-corrected chi connectivity index (χ2v) is 4.16. The van der Waals surface area contributed by atoms with Crippen LogP contribution >= 0.6 is 0 Å². The Bertz CT molecular complexity index is 574. The summed E-state index contributed by atoms with van der Waals surface area (Å²) in [5.74, 6) is 0.433. The fourth-order valence-electron chi connectivity index (χ4n) is 1.62. The molecule has 0 N–H and O–H groups in total. The molecule has 0 spiro atoms. The van der Waals surface area contributed by atoms with Gasteiger partial charge in [-0.25, -0.2) is 4.39 Å². The highest BCUT2D eigenvalue weighted by Gasteiger charge is 2.14. The maximum atomic E-state index is 13.5. The molecule has 0 aliphatic rings. The van der Waals surface area contributed by atoms with E-state index in [1.807, 2.05) is 6.92 Å². The fraction of sp³-hybridized carbons (Fsp3) is 0.308. The number of halogens is 1. The van der Waals surface area contributed by atoms with Crippen LogP contribution in [0.5, 0.6) is 0 Å². The van der Waals surface area contributed by atoms with E-state index < -0.39 is 0 Å². The Morgan fingerprint density at radius 3 is 2.94 bits per heavy atom. The van der Waals surface area contributed by atoms with Crippen LogP contribution in [-0.4, -0.2) is 10.1 Å². The predicted molar refractivity (Wildman–Crippen MR) is 62.8 cm³/mol. The molecule has 0 amide bonds. The SMILES string of the molecule is CC(CC#N)Cc1nc(-c2ccccc2F)no1. The summed E-state index contributed by atoms with van der Waals surface area (Å²) in [5, 5.41) is 12.3. The summed E-state index contributed by atoms with van der Waals surface area (Å²) in [6, 6.07) is 8.36. The quantitative estimate of drug-likeness (QED) is 0.830. The van der Waals surface area contributed by atoms with Gasteiger partial charge < -0.3 is 4.52 Å². The minimum Gasteiger partial charge on any atom is -0.339 e. The summed E-state index contributed by atoms with van der Waals surface area (Å²) >= 11 is 0. The Balaban J connectivity index is 2.16. The lowest BCUT2D eigenvalue weighted by Crippen LogP contribution is -1.98. The van der Waals surface area contributed by atoms with Gasteiger partial charge >= 0.3 is 0 Å². The molecule has 0 aliphatic carbocycles. The van der Waals surface area contributed by atoms with Crippen LogP contribution in [0.4, 0.5) is 4.39 Å². The van der Waals surface area contributed by atoms with E-state index in [9.17, 15) is 4.39 Å². The van der Waals surface area contributed by atoms with Crippen molar-refractivity contribution < 1.29 is 8.91 Å². The van der Waals surface area contributed by atoms with E-state index >= 15 is 0 Å². The molecule has 18 heavy (non-hydrogen) atoms. The zero-order valence-electron chi connectivity index (χ0n) is 9.93. The van der Waals surface area contributed by atoms with Crippen LogP contribution in [0, 0.1) is 23.1 Å². The highest BCUT2D eigenvalue weighted by atomic mass is 19.1. The molecule has 0 fully saturated rings. The molecule has 0 saturated heterocycles. The van der Waals surface area contributed by atoms with E-state index in [-0.39, 0.29) is 17.6 Å². The van der Waals surface area contributed by atoms with Crippen molar-refractivity contribution in [1.82, 2.24) is 10.1 Å². The number of nitrogens with zero attached hydrogens (tertiary/aromatic N) is 3. The Morgan fingerprint density at radius 2 is 2.22 bits per heavy atom. The molecule has 1 heterocycles. The lowest BCUT2D eigenvalue weighted by Gasteiger charge is -2.00. The first-order chi connectivity index (χ1) is 8.70. The third-order valence-electron chi connectivity index (χ3n) is 2.55. The van der Waals surface area contributed by atoms with Crippen LogP contribution in [0.2, 0.25) is 0 Å². The Hall–Kier alpha value is -2.22. The monoisotopic (exact) mass is 245 g/mol. The van der Waals surface area contributed by atoms with Crippen molar-refractivity contribution >= 4 is 0 Å². The molecule has 1 unspecified atom stereocenters. The van der Waals surface area contributed by atoms with Crippen LogP contribution in [0.3, 0.4) is 0 Å². The molecule has 1 aromatic carbocycles. The molecule has 2 rings (SSSR count). The molecule has 4 nitrogen and oxygen atoms in total. The van der Waals surface area contributed by atoms with Crippen LogP contribution in [-0.2, 0) is 6.42 Å². The van der Waals surface area contributed by atoms with Crippen molar-refractivity contribution in [3.05, 3.63) is 36.0 Å². The number of nitriles is 1. The molecular formula is C13H12FN3O. The molecule has 0 radical (unpaired) electrons. The fourth-order valence-corrected chi connectivity index (χ4v) is 1.62. The minimum absolute atomic E-state index is 0.143. The van der Waals surface area contributed by atoms with Crippen molar-refractivity contribution in [2.45, 2.75) is 19.8 Å². The second kappa shape index (κ2) is 5.41. The number of rotatable bonds is 4. The van der Waals surface area contributed by atoms with Gasteiger partial charge in [0.05, 0.1) is 11.6 Å². The number of benzene rings is 1. The van der Waals surface area contributed by atoms with Gasteiger partial charge in [-0.1, -0.05) is 24.2 Å². The first kappa shape index (κ1) is 12.2. The molecule has 0 aliphatic heterocycles. The zero-order chi connectivity index (χ0) is 13.0. The molecule has 92 valence electrons. The number of hydrogen-bond acceptors (Lipinski definition) is 4. The number of aromatic nitrogens is 2. The largest absolute Gasteiger partial charge is 0.339 e. The van der Waals surface area contributed by atoms with Gasteiger partial charge in [-0.2, -0.15) is 10.2 Å². The van der Waals surface area contributed by atoms with E-state index in [0.29, 0.717) is 24.3 Å². The smallest absolute Gasteiger partial charge is 0.227 e. The van der Waals surface area contributed by atoms with Gasteiger partial charge in [-0.3, -0.25) is 0 Å². The van der Waals surface area contributed by atoms with Gasteiger partial charge in [0.25, 0.3) is 0 Å². The molecule has 5 heteroatoms. The van der Waals surface area contributed by atoms with Crippen LogP contribution in [0.1, 0.15) is 19.2 Å². The average Bonchev–Trinajstić information content (AvgIpc) is 2.78. The van der Waals surface area contributed by atoms with Crippen molar-refractivity contribution in [3.8, 4) is 17.5 Å². The molecule has 2 aromatic rings. The van der Waals surface area contributed by atoms with Crippen LogP contribution < -0.4 is 0 Å². The van der Waals surface area contributed by atoms with E-state index in [1.54, 1.807) is 18.2 Å². The molecule has 0 saturated carbocycles. The first-order valence-corrected chi connectivity index (χ1v) is 5.65. The second-order valence-electron chi connectivity index (χ2n) is 4.16. The van der Waals surface area contributed by atoms with Gasteiger partial charge in [0.1, 0.15) is 5.82 Å². The van der Waals surface area contributed by atoms with E-state index in [4.69, 9.17) is 9.78 Å². The van der Waals surface area contributed by atoms with Gasteiger partial charge in [0.15, 0.2) is 0 Å². The van der Waals surface area contributed by atoms with Crippen LogP contribution in [0.15, 0.2) is 28.8 Å². The van der Waals surface area contributed by atoms with E-state index in [2.05, 4.69) is 16.2 Å². The third kappa shape index (κ3) is 2.72. The van der Waals surface area contributed by atoms with E-state index in [0.717, 1.165) is 0 Å². The molecular weight excluding hydrogens is 233 g/mol. The highest BCUT2D eigenvalue weighted by molar-refractivity contribution is 5.54. The van der Waals surface area contributed by atoms with E-state index in [1.165, 1.54) is 6.07 Å². The van der Waals surface area contributed by atoms with Gasteiger partial charge in [0, 0.05) is 12.8 Å². The van der Waals surface area contributed by atoms with Crippen molar-refractivity contribution in [1.29, 1.82) is 5.26 Å². The lowest BCUT2D eigenvalue weighted by atomic mass is 10.1. The summed E-state index contributed by atoms with van der Waals surface area (Å²) in [5.41, 5.74) is 0.320. The summed E-state index contributed by atoms with van der Waals surface area (Å²) in [7, 11) is 0. The topological polar surface area (TPSA) is 62.7 Å². The summed E-state index contributed by atoms with van der Waals surface area (Å²) in [6.45, 7) is 1.93. The van der Waals surface area contributed by atoms with Crippen molar-refractivity contribution in [2.75, 3.05) is 0 Å². The highest BCUT2D eigenvalue weighted by Crippen LogP contribution is 2.20. The zero-order valence-corrected chi connectivity index (χ0v) is 9.93. The maximum absolute atomic E-state index is 13.5. The number of hydrogen-bond donors (Lipinski definition) is 0. The predicted octanol–water partition coefficient (Wildman–Crippen LogP) is 2.97. The van der Waals surface area contributed by atoms with Gasteiger partial charge in [-0.15, -0.1) is 0 Å². The lowest BCUT2D eigenvalue weighted by molar-refractivity contribution is 0.359. The van der Waals surface area contributed by atoms with Gasteiger partial charge in [-0.05, 0) is 18.1 Å². The standard InChI is InChI=1S/C13H12FN3O/c1-9(6-7-15)8-12-16-13(17-18-12)10-4-2-3-5-11(10)14/h2-5,9H,6,8H2,1H3. The Morgan fingerprint density at radius 1 is 1.44 bits per heavy atom. The molecule has 0 bridgehead atoms. The maximum Gasteiger partial charge on any atom is 0.227 e. The average molecular weight is 245 g/mol. The van der Waals surface area contributed by atoms with Crippen molar-refractivity contribution in [3.63, 3.8) is 0 Å². The molecule has 1 atom stereocenters. The summed E-state index contributed by atoms with van der Waals surface area (Å²) in [4.78, 5) is 4.14. The Labute approximate surface area is 104 Å². The van der Waals surface area contributed by atoms with Crippen molar-refractivity contribution in [2.24, 2.45) is 5.92 Å². The minimum atomic E-state index is -0.380. The summed E-state index contributed by atoms with van der Waals surface area (Å²) < 4.78 is 18.6. The van der Waals surface area contributed by atoms with Gasteiger partial charge in [0.2, 0.25) is 11.7 Å².